The maximum absolute atomic E-state index is 12.7. The SMILES string of the molecule is Cn1nc(CCC(=O)N2CCCCC2)c2c1CCN(C(=O)CCn1cccn1)C2. The van der Waals surface area contributed by atoms with Crippen molar-refractivity contribution in [2.45, 2.75) is 58.0 Å². The summed E-state index contributed by atoms with van der Waals surface area (Å²) in [5, 5.41) is 8.85. The molecule has 4 heterocycles. The Bertz CT molecular complexity index is 851. The molecule has 8 heteroatoms. The van der Waals surface area contributed by atoms with E-state index in [2.05, 4.69) is 10.2 Å². The van der Waals surface area contributed by atoms with Crippen LogP contribution < -0.4 is 0 Å². The van der Waals surface area contributed by atoms with Gasteiger partial charge >= 0.3 is 0 Å². The van der Waals surface area contributed by atoms with Crippen LogP contribution in [-0.2, 0) is 42.6 Å². The molecule has 156 valence electrons. The van der Waals surface area contributed by atoms with Crippen molar-refractivity contribution in [3.63, 3.8) is 0 Å². The Morgan fingerprint density at radius 1 is 1.03 bits per heavy atom. The molecule has 0 aromatic carbocycles. The first-order valence-corrected chi connectivity index (χ1v) is 10.7. The van der Waals surface area contributed by atoms with E-state index in [0.29, 0.717) is 32.4 Å². The van der Waals surface area contributed by atoms with Gasteiger partial charge in [-0.05, 0) is 25.3 Å². The average molecular weight is 399 g/mol. The van der Waals surface area contributed by atoms with Gasteiger partial charge in [-0.15, -0.1) is 0 Å². The summed E-state index contributed by atoms with van der Waals surface area (Å²) < 4.78 is 3.72. The number of amides is 2. The first-order chi connectivity index (χ1) is 14.1. The molecular weight excluding hydrogens is 368 g/mol. The molecule has 0 radical (unpaired) electrons. The molecular formula is C21H30N6O2. The molecule has 2 aliphatic rings. The van der Waals surface area contributed by atoms with Crippen molar-refractivity contribution in [2.75, 3.05) is 19.6 Å². The van der Waals surface area contributed by atoms with Crippen molar-refractivity contribution in [3.05, 3.63) is 35.4 Å². The van der Waals surface area contributed by atoms with Crippen LogP contribution in [0.5, 0.6) is 0 Å². The summed E-state index contributed by atoms with van der Waals surface area (Å²) in [5.74, 6) is 0.373. The Labute approximate surface area is 171 Å². The van der Waals surface area contributed by atoms with Crippen molar-refractivity contribution >= 4 is 11.8 Å². The van der Waals surface area contributed by atoms with E-state index in [9.17, 15) is 9.59 Å². The summed E-state index contributed by atoms with van der Waals surface area (Å²) in [4.78, 5) is 29.1. The fourth-order valence-corrected chi connectivity index (χ4v) is 4.41. The smallest absolute Gasteiger partial charge is 0.224 e. The molecule has 0 atom stereocenters. The molecule has 1 fully saturated rings. The molecule has 2 amide bonds. The average Bonchev–Trinajstić information content (AvgIpc) is 3.38. The quantitative estimate of drug-likeness (QED) is 0.740. The third-order valence-corrected chi connectivity index (χ3v) is 6.08. The molecule has 1 saturated heterocycles. The zero-order valence-electron chi connectivity index (χ0n) is 17.2. The van der Waals surface area contributed by atoms with Gasteiger partial charge in [0, 0.05) is 89.1 Å². The molecule has 2 aromatic heterocycles. The fraction of sp³-hybridized carbons (Fsp3) is 0.619. The second-order valence-electron chi connectivity index (χ2n) is 8.02. The van der Waals surface area contributed by atoms with Gasteiger partial charge in [-0.25, -0.2) is 0 Å². The summed E-state index contributed by atoms with van der Waals surface area (Å²) >= 11 is 0. The van der Waals surface area contributed by atoms with Crippen LogP contribution in [0.15, 0.2) is 18.5 Å². The first kappa shape index (κ1) is 19.7. The van der Waals surface area contributed by atoms with E-state index in [4.69, 9.17) is 0 Å². The van der Waals surface area contributed by atoms with E-state index in [1.54, 1.807) is 10.9 Å². The minimum atomic E-state index is 0.144. The van der Waals surface area contributed by atoms with Gasteiger partial charge in [-0.2, -0.15) is 10.2 Å². The standard InChI is InChI=1S/C21H30N6O2/c1-24-19-8-14-26(21(29)9-15-27-13-5-10-22-27)16-17(19)18(23-24)6-7-20(28)25-11-3-2-4-12-25/h5,10,13H,2-4,6-9,11-12,14-16H2,1H3. The van der Waals surface area contributed by atoms with Crippen LogP contribution in [0.25, 0.3) is 0 Å². The Hall–Kier alpha value is -2.64. The molecule has 0 N–H and O–H groups in total. The summed E-state index contributed by atoms with van der Waals surface area (Å²) in [6.07, 6.45) is 9.45. The normalized spacial score (nSPS) is 16.7. The van der Waals surface area contributed by atoms with Gasteiger partial charge in [0.2, 0.25) is 11.8 Å². The van der Waals surface area contributed by atoms with Crippen LogP contribution in [0.4, 0.5) is 0 Å². The Balaban J connectivity index is 1.36. The van der Waals surface area contributed by atoms with E-state index in [1.165, 1.54) is 12.1 Å². The largest absolute Gasteiger partial charge is 0.343 e. The van der Waals surface area contributed by atoms with Gasteiger partial charge in [0.25, 0.3) is 0 Å². The summed E-state index contributed by atoms with van der Waals surface area (Å²) in [5.41, 5.74) is 3.30. The fourth-order valence-electron chi connectivity index (χ4n) is 4.41. The number of likely N-dealkylation sites (tertiary alicyclic amines) is 1. The van der Waals surface area contributed by atoms with Crippen LogP contribution in [0.1, 0.15) is 49.1 Å². The predicted octanol–water partition coefficient (Wildman–Crippen LogP) is 1.54. The lowest BCUT2D eigenvalue weighted by Crippen LogP contribution is -2.37. The summed E-state index contributed by atoms with van der Waals surface area (Å²) in [6, 6.07) is 1.87. The minimum absolute atomic E-state index is 0.144. The highest BCUT2D eigenvalue weighted by Gasteiger charge is 2.27. The third kappa shape index (κ3) is 4.52. The van der Waals surface area contributed by atoms with E-state index in [-0.39, 0.29) is 11.8 Å². The number of fused-ring (bicyclic) bond motifs is 1. The van der Waals surface area contributed by atoms with Crippen LogP contribution in [-0.4, -0.2) is 60.8 Å². The van der Waals surface area contributed by atoms with Crippen LogP contribution in [0.2, 0.25) is 0 Å². The van der Waals surface area contributed by atoms with Crippen molar-refractivity contribution in [1.82, 2.24) is 29.4 Å². The Morgan fingerprint density at radius 2 is 1.83 bits per heavy atom. The number of nitrogens with zero attached hydrogens (tertiary/aromatic N) is 6. The van der Waals surface area contributed by atoms with Gasteiger partial charge in [0.1, 0.15) is 0 Å². The van der Waals surface area contributed by atoms with Gasteiger partial charge < -0.3 is 9.80 Å². The first-order valence-electron chi connectivity index (χ1n) is 10.7. The number of piperidine rings is 1. The van der Waals surface area contributed by atoms with Crippen molar-refractivity contribution in [2.24, 2.45) is 7.05 Å². The van der Waals surface area contributed by atoms with Crippen molar-refractivity contribution < 1.29 is 9.59 Å². The molecule has 0 aliphatic carbocycles. The molecule has 0 bridgehead atoms. The molecule has 2 aromatic rings. The van der Waals surface area contributed by atoms with E-state index >= 15 is 0 Å². The molecule has 29 heavy (non-hydrogen) atoms. The number of carbonyl (C=O) groups excluding carboxylic acids is 2. The molecule has 0 spiro atoms. The van der Waals surface area contributed by atoms with Crippen LogP contribution in [0.3, 0.4) is 0 Å². The summed E-state index contributed by atoms with van der Waals surface area (Å²) in [7, 11) is 1.96. The lowest BCUT2D eigenvalue weighted by atomic mass is 10.0. The molecule has 0 saturated carbocycles. The molecule has 4 rings (SSSR count). The lowest BCUT2D eigenvalue weighted by Gasteiger charge is -2.28. The lowest BCUT2D eigenvalue weighted by molar-refractivity contribution is -0.133. The monoisotopic (exact) mass is 398 g/mol. The van der Waals surface area contributed by atoms with Crippen molar-refractivity contribution in [3.8, 4) is 0 Å². The topological polar surface area (TPSA) is 76.3 Å². The van der Waals surface area contributed by atoms with E-state index in [0.717, 1.165) is 50.2 Å². The van der Waals surface area contributed by atoms with Gasteiger partial charge in [-0.1, -0.05) is 0 Å². The second kappa shape index (κ2) is 8.80. The highest BCUT2D eigenvalue weighted by Crippen LogP contribution is 2.24. The number of hydrogen-bond acceptors (Lipinski definition) is 4. The number of aromatic nitrogens is 4. The van der Waals surface area contributed by atoms with E-state index in [1.807, 2.05) is 33.8 Å². The second-order valence-corrected chi connectivity index (χ2v) is 8.02. The zero-order chi connectivity index (χ0) is 20.2. The van der Waals surface area contributed by atoms with Crippen molar-refractivity contribution in [1.29, 1.82) is 0 Å². The Kier molecular flexibility index (Phi) is 5.97. The van der Waals surface area contributed by atoms with Gasteiger partial charge in [-0.3, -0.25) is 19.0 Å². The number of carbonyl (C=O) groups is 2. The molecule has 0 unspecified atom stereocenters. The maximum atomic E-state index is 12.7. The van der Waals surface area contributed by atoms with Gasteiger partial charge in [0.05, 0.1) is 5.69 Å². The highest BCUT2D eigenvalue weighted by atomic mass is 16.2. The van der Waals surface area contributed by atoms with Gasteiger partial charge in [0.15, 0.2) is 0 Å². The predicted molar refractivity (Wildman–Crippen MR) is 108 cm³/mol. The third-order valence-electron chi connectivity index (χ3n) is 6.08. The summed E-state index contributed by atoms with van der Waals surface area (Å²) in [6.45, 7) is 3.68. The molecule has 2 aliphatic heterocycles. The van der Waals surface area contributed by atoms with E-state index < -0.39 is 0 Å². The maximum Gasteiger partial charge on any atom is 0.224 e. The minimum Gasteiger partial charge on any atom is -0.343 e. The highest BCUT2D eigenvalue weighted by molar-refractivity contribution is 5.77. The zero-order valence-corrected chi connectivity index (χ0v) is 17.2. The number of rotatable bonds is 6. The molecule has 8 nitrogen and oxygen atoms in total. The Morgan fingerprint density at radius 3 is 2.59 bits per heavy atom. The number of hydrogen-bond donors (Lipinski definition) is 0. The number of aryl methyl sites for hydroxylation is 3. The van der Waals surface area contributed by atoms with Crippen LogP contribution >= 0.6 is 0 Å². The van der Waals surface area contributed by atoms with Crippen LogP contribution in [0, 0.1) is 0 Å².